The number of hydrogen-bond donors (Lipinski definition) is 4. The van der Waals surface area contributed by atoms with Crippen molar-refractivity contribution in [1.82, 2.24) is 4.90 Å². The number of nitrogens with zero attached hydrogens (tertiary/aromatic N) is 1. The van der Waals surface area contributed by atoms with E-state index >= 15 is 0 Å². The van der Waals surface area contributed by atoms with Gasteiger partial charge in [-0.1, -0.05) is 12.4 Å². The lowest BCUT2D eigenvalue weighted by Gasteiger charge is -2.41. The van der Waals surface area contributed by atoms with Gasteiger partial charge in [0.2, 0.25) is 5.91 Å². The number of amides is 1. The summed E-state index contributed by atoms with van der Waals surface area (Å²) in [7, 11) is 0. The minimum Gasteiger partial charge on any atom is -0.669 e. The minimum absolute atomic E-state index is 0.0316. The summed E-state index contributed by atoms with van der Waals surface area (Å²) in [4.78, 5) is 35.5. The summed E-state index contributed by atoms with van der Waals surface area (Å²) >= 11 is 0. The summed E-state index contributed by atoms with van der Waals surface area (Å²) in [5, 5.41) is 39.5. The van der Waals surface area contributed by atoms with Crippen molar-refractivity contribution in [3.05, 3.63) is 23.3 Å². The smallest absolute Gasteiger partial charge is 0.430 e. The fourth-order valence-electron chi connectivity index (χ4n) is 3.20. The second-order valence-electron chi connectivity index (χ2n) is 6.91. The number of benzene rings is 1. The number of nitrogens with two attached hydrogens (primary N) is 1. The van der Waals surface area contributed by atoms with Crippen molar-refractivity contribution in [3.8, 4) is 11.5 Å². The summed E-state index contributed by atoms with van der Waals surface area (Å²) in [6, 6.07) is 1.81. The quantitative estimate of drug-likeness (QED) is 0.370. The first-order valence-corrected chi connectivity index (χ1v) is 8.67. The van der Waals surface area contributed by atoms with Crippen LogP contribution in [0.3, 0.4) is 0 Å². The van der Waals surface area contributed by atoms with E-state index in [-0.39, 0.29) is 42.9 Å². The highest BCUT2D eigenvalue weighted by molar-refractivity contribution is 6.59. The summed E-state index contributed by atoms with van der Waals surface area (Å²) in [5.41, 5.74) is 5.69. The molecule has 0 spiro atoms. The Labute approximate surface area is 159 Å². The fraction of sp³-hybridized carbons (Fsp3) is 0.438. The minimum atomic E-state index is -3.14. The van der Waals surface area contributed by atoms with E-state index in [9.17, 15) is 34.6 Å². The molecule has 1 fully saturated rings. The van der Waals surface area contributed by atoms with Gasteiger partial charge in [-0.2, -0.15) is 0 Å². The molecule has 0 bridgehead atoms. The largest absolute Gasteiger partial charge is 0.669 e. The van der Waals surface area contributed by atoms with Crippen molar-refractivity contribution in [2.24, 2.45) is 5.73 Å². The number of ether oxygens (including phenoxy) is 1. The monoisotopic (exact) mass is 394 g/mol. The summed E-state index contributed by atoms with van der Waals surface area (Å²) in [6.45, 7) is -2.94. The molecule has 5 N–H and O–H groups in total. The van der Waals surface area contributed by atoms with Crippen LogP contribution in [0.2, 0.25) is 6.32 Å². The molecule has 0 unspecified atom stereocenters. The number of carboxylic acid groups (broad SMARTS) is 2. The average Bonchev–Trinajstić information content (AvgIpc) is 2.54. The van der Waals surface area contributed by atoms with Crippen LogP contribution in [0.15, 0.2) is 12.1 Å². The molecule has 2 aliphatic rings. The number of rotatable bonds is 6. The highest BCUT2D eigenvalue weighted by Gasteiger charge is 2.37. The first-order valence-electron chi connectivity index (χ1n) is 8.67. The van der Waals surface area contributed by atoms with Crippen molar-refractivity contribution >= 4 is 24.6 Å². The molecule has 1 aromatic carbocycles. The maximum atomic E-state index is 12.0. The highest BCUT2D eigenvalue weighted by Crippen LogP contribution is 2.38. The first-order chi connectivity index (χ1) is 13.1. The van der Waals surface area contributed by atoms with Crippen molar-refractivity contribution in [2.75, 3.05) is 13.1 Å². The zero-order valence-electron chi connectivity index (χ0n) is 14.7. The van der Waals surface area contributed by atoms with Gasteiger partial charge < -0.3 is 45.1 Å². The topological polar surface area (TPSA) is 183 Å². The van der Waals surface area contributed by atoms with E-state index in [1.165, 1.54) is 11.0 Å². The van der Waals surface area contributed by atoms with E-state index < -0.39 is 43.2 Å². The molecule has 0 radical (unpaired) electrons. The lowest BCUT2D eigenvalue weighted by molar-refractivity contribution is -0.306. The van der Waals surface area contributed by atoms with E-state index in [0.29, 0.717) is 5.56 Å². The Bertz CT molecular complexity index is 823. The summed E-state index contributed by atoms with van der Waals surface area (Å²) < 4.78 is 10.7. The van der Waals surface area contributed by atoms with E-state index in [1.54, 1.807) is 6.07 Å². The molecule has 28 heavy (non-hydrogen) atoms. The predicted molar refractivity (Wildman–Crippen MR) is 91.3 cm³/mol. The van der Waals surface area contributed by atoms with Gasteiger partial charge in [0.15, 0.2) is 0 Å². The summed E-state index contributed by atoms with van der Waals surface area (Å²) in [6.07, 6.45) is -0.932. The van der Waals surface area contributed by atoms with Gasteiger partial charge in [0.05, 0.1) is 24.9 Å². The van der Waals surface area contributed by atoms with Crippen LogP contribution in [0.5, 0.6) is 11.5 Å². The molecule has 1 saturated heterocycles. The first kappa shape index (κ1) is 19.9. The molecule has 12 heteroatoms. The lowest BCUT2D eigenvalue weighted by atomic mass is 9.70. The number of aromatic carboxylic acids is 1. The van der Waals surface area contributed by atoms with Crippen molar-refractivity contribution in [2.45, 2.75) is 31.3 Å². The number of aliphatic carboxylic acids is 1. The van der Waals surface area contributed by atoms with Crippen LogP contribution in [0.4, 0.5) is 0 Å². The summed E-state index contributed by atoms with van der Waals surface area (Å²) in [5.74, 6) is -3.53. The number of carbonyl (C=O) groups is 3. The van der Waals surface area contributed by atoms with E-state index in [1.807, 2.05) is 0 Å². The molecule has 0 aliphatic carbocycles. The van der Waals surface area contributed by atoms with E-state index in [2.05, 4.69) is 0 Å². The number of likely N-dealkylation sites (tertiary alicyclic amines) is 1. The maximum absolute atomic E-state index is 12.0. The third kappa shape index (κ3) is 4.03. The van der Waals surface area contributed by atoms with Gasteiger partial charge in [-0.05, 0) is 18.1 Å². The van der Waals surface area contributed by atoms with Crippen molar-refractivity contribution < 1.29 is 44.0 Å². The van der Waals surface area contributed by atoms with Gasteiger partial charge in [0, 0.05) is 12.4 Å². The van der Waals surface area contributed by atoms with E-state index in [0.717, 1.165) is 0 Å². The Morgan fingerprint density at radius 2 is 2.04 bits per heavy atom. The number of aryl methyl sites for hydroxylation is 1. The van der Waals surface area contributed by atoms with Crippen molar-refractivity contribution in [3.63, 3.8) is 0 Å². The van der Waals surface area contributed by atoms with Gasteiger partial charge in [-0.3, -0.25) is 4.79 Å². The van der Waals surface area contributed by atoms with Crippen LogP contribution in [0, 0.1) is 0 Å². The third-order valence-corrected chi connectivity index (χ3v) is 4.67. The molecular formula is C16H19BN2O9-2. The van der Waals surface area contributed by atoms with Crippen molar-refractivity contribution in [1.29, 1.82) is 0 Å². The Balaban J connectivity index is 1.70. The molecule has 3 rings (SSSR count). The molecule has 1 atom stereocenters. The van der Waals surface area contributed by atoms with Crippen LogP contribution in [0.1, 0.15) is 22.3 Å². The van der Waals surface area contributed by atoms with Gasteiger partial charge >= 0.3 is 12.7 Å². The zero-order valence-corrected chi connectivity index (χ0v) is 14.7. The average molecular weight is 394 g/mol. The SMILES string of the molecule is N[C@H](CC(=O)[O-])C(=O)N1CC(Oc2ccc3c(c2C(=O)O)O[B-](O)(O)CC3)C1. The van der Waals surface area contributed by atoms with Crippen LogP contribution < -0.4 is 20.2 Å². The number of carboxylic acids is 2. The third-order valence-electron chi connectivity index (χ3n) is 4.67. The molecular weight excluding hydrogens is 375 g/mol. The number of fused-ring (bicyclic) bond motifs is 1. The van der Waals surface area contributed by atoms with E-state index in [4.69, 9.17) is 15.1 Å². The Hall–Kier alpha value is -2.83. The maximum Gasteiger partial charge on any atom is 0.430 e. The standard InChI is InChI=1S/C16H20BN2O9/c18-10(5-12(20)21)15(22)19-6-9(7-19)27-11-2-1-8-3-4-17(25,26)28-14(8)13(11)16(23)24/h1-2,9-10,25-26H,3-7,18H2,(H,20,21)(H,23,24)/q-1/p-1/t10-/m1/s1. The predicted octanol–water partition coefficient (Wildman–Crippen LogP) is -2.70. The fourth-order valence-corrected chi connectivity index (χ4v) is 3.20. The van der Waals surface area contributed by atoms with Gasteiger partial charge in [0.25, 0.3) is 0 Å². The Morgan fingerprint density at radius 3 is 2.64 bits per heavy atom. The Morgan fingerprint density at radius 1 is 1.36 bits per heavy atom. The van der Waals surface area contributed by atoms with Gasteiger partial charge in [-0.25, -0.2) is 4.79 Å². The molecule has 11 nitrogen and oxygen atoms in total. The lowest BCUT2D eigenvalue weighted by Crippen LogP contribution is -2.60. The van der Waals surface area contributed by atoms with Crippen LogP contribution in [-0.2, 0) is 16.0 Å². The molecule has 2 aliphatic heterocycles. The molecule has 2 heterocycles. The van der Waals surface area contributed by atoms with Gasteiger partial charge in [0.1, 0.15) is 17.4 Å². The number of hydrogen-bond acceptors (Lipinski definition) is 9. The van der Waals surface area contributed by atoms with Crippen LogP contribution in [-0.4, -0.2) is 69.9 Å². The molecule has 0 aromatic heterocycles. The normalized spacial score (nSPS) is 19.0. The molecule has 1 aromatic rings. The highest BCUT2D eigenvalue weighted by atomic mass is 16.6. The second-order valence-corrected chi connectivity index (χ2v) is 6.91. The van der Waals surface area contributed by atoms with Gasteiger partial charge in [-0.15, -0.1) is 0 Å². The Kier molecular flexibility index (Phi) is 5.19. The molecule has 1 amide bonds. The van der Waals surface area contributed by atoms with Crippen LogP contribution >= 0.6 is 0 Å². The molecule has 0 saturated carbocycles. The number of carbonyl (C=O) groups excluding carboxylic acids is 2. The second kappa shape index (κ2) is 7.30. The zero-order chi connectivity index (χ0) is 20.6. The van der Waals surface area contributed by atoms with Crippen LogP contribution in [0.25, 0.3) is 0 Å². The molecule has 152 valence electrons.